The Morgan fingerprint density at radius 2 is 1.80 bits per heavy atom. The molecule has 0 aliphatic rings. The van der Waals surface area contributed by atoms with E-state index < -0.39 is 0 Å². The average Bonchev–Trinajstić information content (AvgIpc) is 2.18. The molecule has 15 heavy (non-hydrogen) atoms. The van der Waals surface area contributed by atoms with E-state index in [0.717, 1.165) is 11.2 Å². The molecule has 0 aliphatic heterocycles. The van der Waals surface area contributed by atoms with Gasteiger partial charge in [0.2, 0.25) is 0 Å². The second-order valence-electron chi connectivity index (χ2n) is 4.82. The third kappa shape index (κ3) is 3.64. The monoisotopic (exact) mass is 268 g/mol. The first-order valence-corrected chi connectivity index (χ1v) is 6.79. The number of halogens is 1. The largest absolute Gasteiger partial charge is 0.0921 e. The molecule has 1 aromatic rings. The van der Waals surface area contributed by atoms with E-state index in [1.807, 2.05) is 0 Å². The molecule has 1 unspecified atom stereocenters. The van der Waals surface area contributed by atoms with E-state index in [1.54, 1.807) is 0 Å². The van der Waals surface area contributed by atoms with E-state index >= 15 is 0 Å². The van der Waals surface area contributed by atoms with Crippen molar-refractivity contribution in [2.75, 3.05) is 5.33 Å². The van der Waals surface area contributed by atoms with E-state index in [1.165, 1.54) is 23.1 Å². The highest BCUT2D eigenvalue weighted by Crippen LogP contribution is 2.27. The van der Waals surface area contributed by atoms with Gasteiger partial charge in [-0.25, -0.2) is 0 Å². The first-order valence-electron chi connectivity index (χ1n) is 5.67. The third-order valence-electron chi connectivity index (χ3n) is 2.94. The van der Waals surface area contributed by atoms with E-state index in [-0.39, 0.29) is 0 Å². The summed E-state index contributed by atoms with van der Waals surface area (Å²) in [6, 6.07) is 6.85. The second kappa shape index (κ2) is 5.69. The van der Waals surface area contributed by atoms with Crippen LogP contribution in [0.5, 0.6) is 0 Å². The van der Waals surface area contributed by atoms with Crippen molar-refractivity contribution in [1.82, 2.24) is 0 Å². The van der Waals surface area contributed by atoms with Crippen molar-refractivity contribution in [2.45, 2.75) is 40.0 Å². The average molecular weight is 269 g/mol. The number of aryl methyl sites for hydroxylation is 2. The van der Waals surface area contributed by atoms with Gasteiger partial charge in [0.25, 0.3) is 0 Å². The van der Waals surface area contributed by atoms with Crippen LogP contribution in [-0.4, -0.2) is 5.33 Å². The molecule has 84 valence electrons. The van der Waals surface area contributed by atoms with Crippen LogP contribution in [0.3, 0.4) is 0 Å². The molecule has 0 saturated carbocycles. The van der Waals surface area contributed by atoms with Crippen molar-refractivity contribution in [3.63, 3.8) is 0 Å². The van der Waals surface area contributed by atoms with Crippen LogP contribution < -0.4 is 0 Å². The Morgan fingerprint density at radius 1 is 1.13 bits per heavy atom. The van der Waals surface area contributed by atoms with Crippen molar-refractivity contribution < 1.29 is 0 Å². The Kier molecular flexibility index (Phi) is 4.85. The molecule has 0 spiro atoms. The highest BCUT2D eigenvalue weighted by atomic mass is 79.9. The molecule has 1 heteroatoms. The molecule has 1 rings (SSSR count). The molecule has 0 N–H and O–H groups in total. The Hall–Kier alpha value is -0.300. The number of alkyl halides is 1. The summed E-state index contributed by atoms with van der Waals surface area (Å²) in [5.41, 5.74) is 4.27. The molecular weight excluding hydrogens is 248 g/mol. The summed E-state index contributed by atoms with van der Waals surface area (Å²) in [7, 11) is 0. The van der Waals surface area contributed by atoms with Gasteiger partial charge in [0, 0.05) is 5.33 Å². The third-order valence-corrected chi connectivity index (χ3v) is 3.73. The van der Waals surface area contributed by atoms with Crippen molar-refractivity contribution in [3.05, 3.63) is 34.9 Å². The summed E-state index contributed by atoms with van der Waals surface area (Å²) >= 11 is 3.62. The van der Waals surface area contributed by atoms with Crippen LogP contribution in [0.2, 0.25) is 0 Å². The fourth-order valence-corrected chi connectivity index (χ4v) is 2.51. The Morgan fingerprint density at radius 3 is 2.27 bits per heavy atom. The lowest BCUT2D eigenvalue weighted by atomic mass is 9.90. The summed E-state index contributed by atoms with van der Waals surface area (Å²) in [5, 5.41) is 1.06. The first kappa shape index (κ1) is 12.8. The van der Waals surface area contributed by atoms with E-state index in [2.05, 4.69) is 61.8 Å². The van der Waals surface area contributed by atoms with Gasteiger partial charge in [0.1, 0.15) is 0 Å². The molecule has 0 aliphatic carbocycles. The lowest BCUT2D eigenvalue weighted by Crippen LogP contribution is -2.05. The molecule has 0 amide bonds. The summed E-state index contributed by atoms with van der Waals surface area (Å²) < 4.78 is 0. The molecule has 0 saturated heterocycles. The lowest BCUT2D eigenvalue weighted by molar-refractivity contribution is 0.529. The van der Waals surface area contributed by atoms with Crippen molar-refractivity contribution in [3.8, 4) is 0 Å². The predicted octanol–water partition coefficient (Wildman–Crippen LogP) is 4.83. The second-order valence-corrected chi connectivity index (χ2v) is 5.47. The van der Waals surface area contributed by atoms with Gasteiger partial charge in [-0.2, -0.15) is 0 Å². The van der Waals surface area contributed by atoms with Gasteiger partial charge >= 0.3 is 0 Å². The highest BCUT2D eigenvalue weighted by Gasteiger charge is 2.12. The standard InChI is InChI=1S/C14H21Br/c1-10(2)7-14(9-15)13-6-5-11(3)12(4)8-13/h5-6,8,10,14H,7,9H2,1-4H3. The van der Waals surface area contributed by atoms with Crippen molar-refractivity contribution in [1.29, 1.82) is 0 Å². The summed E-state index contributed by atoms with van der Waals surface area (Å²) in [6.45, 7) is 8.94. The first-order chi connectivity index (χ1) is 7.04. The molecule has 1 aromatic carbocycles. The molecule has 1 atom stereocenters. The van der Waals surface area contributed by atoms with Crippen LogP contribution in [-0.2, 0) is 0 Å². The van der Waals surface area contributed by atoms with Gasteiger partial charge in [-0.15, -0.1) is 0 Å². The van der Waals surface area contributed by atoms with Gasteiger partial charge in [-0.3, -0.25) is 0 Å². The Labute approximate surface area is 102 Å². The smallest absolute Gasteiger partial charge is 0.0100 e. The van der Waals surface area contributed by atoms with Crippen molar-refractivity contribution >= 4 is 15.9 Å². The van der Waals surface area contributed by atoms with Crippen LogP contribution >= 0.6 is 15.9 Å². The van der Waals surface area contributed by atoms with Gasteiger partial charge in [-0.05, 0) is 48.8 Å². The fourth-order valence-electron chi connectivity index (χ4n) is 1.88. The van der Waals surface area contributed by atoms with E-state index in [4.69, 9.17) is 0 Å². The molecule has 0 radical (unpaired) electrons. The summed E-state index contributed by atoms with van der Waals surface area (Å²) in [5.74, 6) is 1.42. The van der Waals surface area contributed by atoms with Crippen LogP contribution in [0, 0.1) is 19.8 Å². The molecule has 0 nitrogen and oxygen atoms in total. The zero-order chi connectivity index (χ0) is 11.4. The Bertz CT molecular complexity index is 315. The maximum atomic E-state index is 3.62. The normalized spacial score (nSPS) is 13.2. The minimum Gasteiger partial charge on any atom is -0.0921 e. The number of benzene rings is 1. The maximum absolute atomic E-state index is 3.62. The quantitative estimate of drug-likeness (QED) is 0.687. The van der Waals surface area contributed by atoms with Gasteiger partial charge in [0.05, 0.1) is 0 Å². The molecule has 0 bridgehead atoms. The van der Waals surface area contributed by atoms with Crippen LogP contribution in [0.1, 0.15) is 42.9 Å². The summed E-state index contributed by atoms with van der Waals surface area (Å²) in [6.07, 6.45) is 1.26. The molecule has 0 aromatic heterocycles. The maximum Gasteiger partial charge on any atom is 0.0100 e. The molecular formula is C14H21Br. The van der Waals surface area contributed by atoms with E-state index in [0.29, 0.717) is 5.92 Å². The predicted molar refractivity (Wildman–Crippen MR) is 71.9 cm³/mol. The number of rotatable bonds is 4. The zero-order valence-electron chi connectivity index (χ0n) is 10.2. The highest BCUT2D eigenvalue weighted by molar-refractivity contribution is 9.09. The van der Waals surface area contributed by atoms with Gasteiger partial charge < -0.3 is 0 Å². The SMILES string of the molecule is Cc1ccc(C(CBr)CC(C)C)cc1C. The number of hydrogen-bond donors (Lipinski definition) is 0. The van der Waals surface area contributed by atoms with Gasteiger partial charge in [-0.1, -0.05) is 48.0 Å². The Balaban J connectivity index is 2.87. The van der Waals surface area contributed by atoms with Crippen LogP contribution in [0.15, 0.2) is 18.2 Å². The lowest BCUT2D eigenvalue weighted by Gasteiger charge is -2.18. The molecule has 0 heterocycles. The topological polar surface area (TPSA) is 0 Å². The molecule has 0 fully saturated rings. The minimum absolute atomic E-state index is 0.657. The van der Waals surface area contributed by atoms with Gasteiger partial charge in [0.15, 0.2) is 0 Å². The number of hydrogen-bond acceptors (Lipinski definition) is 0. The van der Waals surface area contributed by atoms with Crippen LogP contribution in [0.4, 0.5) is 0 Å². The van der Waals surface area contributed by atoms with Crippen LogP contribution in [0.25, 0.3) is 0 Å². The minimum atomic E-state index is 0.657. The summed E-state index contributed by atoms with van der Waals surface area (Å²) in [4.78, 5) is 0. The van der Waals surface area contributed by atoms with Crippen molar-refractivity contribution in [2.24, 2.45) is 5.92 Å². The van der Waals surface area contributed by atoms with E-state index in [9.17, 15) is 0 Å². The zero-order valence-corrected chi connectivity index (χ0v) is 11.8. The fraction of sp³-hybridized carbons (Fsp3) is 0.571.